The fourth-order valence-electron chi connectivity index (χ4n) is 5.01. The molecule has 32 heavy (non-hydrogen) atoms. The topological polar surface area (TPSA) is 32.7 Å². The number of aromatic hydroxyl groups is 1. The molecule has 3 heteroatoms. The highest BCUT2D eigenvalue weighted by atomic mass is 16.5. The van der Waals surface area contributed by atoms with Crippen LogP contribution in [0.3, 0.4) is 0 Å². The summed E-state index contributed by atoms with van der Waals surface area (Å²) in [5.41, 5.74) is 4.20. The van der Waals surface area contributed by atoms with E-state index in [1.165, 1.54) is 108 Å². The molecule has 1 aromatic carbocycles. The molecule has 184 valence electrons. The molecular formula is C29H51NO2. The van der Waals surface area contributed by atoms with Gasteiger partial charge in [-0.2, -0.15) is 0 Å². The lowest BCUT2D eigenvalue weighted by atomic mass is 9.96. The summed E-state index contributed by atoms with van der Waals surface area (Å²) in [7, 11) is 0. The summed E-state index contributed by atoms with van der Waals surface area (Å²) in [6.45, 7) is 11.0. The van der Waals surface area contributed by atoms with Crippen LogP contribution in [0.1, 0.15) is 132 Å². The molecule has 0 saturated heterocycles. The summed E-state index contributed by atoms with van der Waals surface area (Å²) in [6.07, 6.45) is 22.5. The van der Waals surface area contributed by atoms with Crippen LogP contribution in [-0.4, -0.2) is 23.3 Å². The molecule has 0 fully saturated rings. The lowest BCUT2D eigenvalue weighted by Crippen LogP contribution is -2.33. The SMILES string of the molecule is CCCCCCCCCCCCCCCCCCN1COc2c(C)c(C)c(O)c(C)c2C1. The third-order valence-corrected chi connectivity index (χ3v) is 7.44. The van der Waals surface area contributed by atoms with Crippen LogP contribution >= 0.6 is 0 Å². The van der Waals surface area contributed by atoms with E-state index in [9.17, 15) is 5.11 Å². The minimum absolute atomic E-state index is 0.439. The van der Waals surface area contributed by atoms with Crippen molar-refractivity contribution in [2.45, 2.75) is 137 Å². The molecule has 3 nitrogen and oxygen atoms in total. The van der Waals surface area contributed by atoms with Crippen molar-refractivity contribution < 1.29 is 9.84 Å². The van der Waals surface area contributed by atoms with Crippen LogP contribution in [0.25, 0.3) is 0 Å². The summed E-state index contributed by atoms with van der Waals surface area (Å²) < 4.78 is 6.08. The Morgan fingerprint density at radius 3 is 1.62 bits per heavy atom. The monoisotopic (exact) mass is 445 g/mol. The van der Waals surface area contributed by atoms with E-state index in [1.54, 1.807) is 0 Å². The van der Waals surface area contributed by atoms with Gasteiger partial charge in [-0.1, -0.05) is 103 Å². The van der Waals surface area contributed by atoms with Gasteiger partial charge in [0.25, 0.3) is 0 Å². The Bertz CT molecular complexity index is 655. The van der Waals surface area contributed by atoms with E-state index in [1.807, 2.05) is 13.8 Å². The zero-order valence-electron chi connectivity index (χ0n) is 21.7. The highest BCUT2D eigenvalue weighted by molar-refractivity contribution is 5.57. The van der Waals surface area contributed by atoms with Gasteiger partial charge in [0.05, 0.1) is 0 Å². The molecule has 0 amide bonds. The van der Waals surface area contributed by atoms with Crippen LogP contribution in [0.15, 0.2) is 0 Å². The van der Waals surface area contributed by atoms with Crippen molar-refractivity contribution in [1.29, 1.82) is 0 Å². The van der Waals surface area contributed by atoms with Gasteiger partial charge in [-0.05, 0) is 43.9 Å². The van der Waals surface area contributed by atoms with Crippen LogP contribution < -0.4 is 4.74 Å². The molecular weight excluding hydrogens is 394 g/mol. The Labute approximate surface area is 198 Å². The van der Waals surface area contributed by atoms with Crippen molar-refractivity contribution in [3.05, 3.63) is 22.3 Å². The number of benzene rings is 1. The second-order valence-electron chi connectivity index (χ2n) is 10.2. The van der Waals surface area contributed by atoms with Crippen LogP contribution in [0, 0.1) is 20.8 Å². The van der Waals surface area contributed by atoms with E-state index < -0.39 is 0 Å². The molecule has 1 N–H and O–H groups in total. The number of unbranched alkanes of at least 4 members (excludes halogenated alkanes) is 15. The molecule has 0 saturated carbocycles. The second-order valence-corrected chi connectivity index (χ2v) is 10.2. The first kappa shape index (κ1) is 27.0. The Balaban J connectivity index is 1.44. The fraction of sp³-hybridized carbons (Fsp3) is 0.793. The van der Waals surface area contributed by atoms with Crippen LogP contribution in [0.2, 0.25) is 0 Å². The number of hydrogen-bond donors (Lipinski definition) is 1. The average Bonchev–Trinajstić information content (AvgIpc) is 2.81. The van der Waals surface area contributed by atoms with E-state index in [4.69, 9.17) is 4.74 Å². The van der Waals surface area contributed by atoms with Crippen LogP contribution in [-0.2, 0) is 6.54 Å². The summed E-state index contributed by atoms with van der Waals surface area (Å²) in [4.78, 5) is 2.38. The van der Waals surface area contributed by atoms with E-state index in [0.29, 0.717) is 12.5 Å². The van der Waals surface area contributed by atoms with E-state index in [-0.39, 0.29) is 0 Å². The highest BCUT2D eigenvalue weighted by Crippen LogP contribution is 2.39. The molecule has 0 aliphatic carbocycles. The zero-order valence-corrected chi connectivity index (χ0v) is 21.7. The maximum atomic E-state index is 10.4. The summed E-state index contributed by atoms with van der Waals surface area (Å²) in [6, 6.07) is 0. The van der Waals surface area contributed by atoms with Crippen molar-refractivity contribution in [1.82, 2.24) is 4.90 Å². The van der Waals surface area contributed by atoms with Gasteiger partial charge in [-0.3, -0.25) is 4.90 Å². The largest absolute Gasteiger partial charge is 0.507 e. The lowest BCUT2D eigenvalue weighted by molar-refractivity contribution is 0.0919. The van der Waals surface area contributed by atoms with Gasteiger partial charge in [0.15, 0.2) is 0 Å². The van der Waals surface area contributed by atoms with Crippen LogP contribution in [0.4, 0.5) is 0 Å². The van der Waals surface area contributed by atoms with E-state index in [0.717, 1.165) is 35.5 Å². The Morgan fingerprint density at radius 2 is 1.12 bits per heavy atom. The number of rotatable bonds is 17. The predicted molar refractivity (Wildman–Crippen MR) is 138 cm³/mol. The molecule has 1 aliphatic heterocycles. The third kappa shape index (κ3) is 8.96. The summed E-state index contributed by atoms with van der Waals surface area (Å²) in [5, 5.41) is 10.4. The minimum Gasteiger partial charge on any atom is -0.507 e. The maximum Gasteiger partial charge on any atom is 0.142 e. The predicted octanol–water partition coefficient (Wildman–Crippen LogP) is 8.73. The van der Waals surface area contributed by atoms with Gasteiger partial charge in [-0.25, -0.2) is 0 Å². The standard InChI is InChI=1S/C29H51NO2/c1-5-6-7-8-9-10-11-12-13-14-15-16-17-18-19-20-21-30-22-27-26(4)28(31)24(2)25(3)29(27)32-23-30/h31H,5-23H2,1-4H3. The first-order valence-corrected chi connectivity index (χ1v) is 13.7. The van der Waals surface area contributed by atoms with Gasteiger partial charge >= 0.3 is 0 Å². The highest BCUT2D eigenvalue weighted by Gasteiger charge is 2.24. The number of phenols is 1. The quantitative estimate of drug-likeness (QED) is 0.243. The Kier molecular flexibility index (Phi) is 13.2. The number of fused-ring (bicyclic) bond motifs is 1. The van der Waals surface area contributed by atoms with Crippen molar-refractivity contribution in [2.24, 2.45) is 0 Å². The van der Waals surface area contributed by atoms with Gasteiger partial charge in [-0.15, -0.1) is 0 Å². The molecule has 1 aromatic rings. The Hall–Kier alpha value is -1.22. The molecule has 0 unspecified atom stereocenters. The number of nitrogens with zero attached hydrogens (tertiary/aromatic N) is 1. The maximum absolute atomic E-state index is 10.4. The minimum atomic E-state index is 0.439. The Morgan fingerprint density at radius 1 is 0.656 bits per heavy atom. The number of hydrogen-bond acceptors (Lipinski definition) is 3. The molecule has 1 aliphatic rings. The number of ether oxygens (including phenoxy) is 1. The summed E-state index contributed by atoms with van der Waals surface area (Å²) >= 11 is 0. The van der Waals surface area contributed by atoms with E-state index >= 15 is 0 Å². The van der Waals surface area contributed by atoms with Gasteiger partial charge in [0.1, 0.15) is 18.2 Å². The normalized spacial score (nSPS) is 13.9. The van der Waals surface area contributed by atoms with E-state index in [2.05, 4.69) is 18.7 Å². The van der Waals surface area contributed by atoms with Gasteiger partial charge < -0.3 is 9.84 Å². The molecule has 2 rings (SSSR count). The first-order valence-electron chi connectivity index (χ1n) is 13.7. The van der Waals surface area contributed by atoms with Crippen molar-refractivity contribution in [3.63, 3.8) is 0 Å². The molecule has 0 aromatic heterocycles. The second kappa shape index (κ2) is 15.6. The van der Waals surface area contributed by atoms with Crippen molar-refractivity contribution in [3.8, 4) is 11.5 Å². The third-order valence-electron chi connectivity index (χ3n) is 7.44. The molecule has 1 heterocycles. The number of phenolic OH excluding ortho intramolecular Hbond substituents is 1. The molecule has 0 radical (unpaired) electrons. The average molecular weight is 446 g/mol. The first-order chi connectivity index (χ1) is 15.6. The zero-order chi connectivity index (χ0) is 23.2. The van der Waals surface area contributed by atoms with Gasteiger partial charge in [0, 0.05) is 18.7 Å². The van der Waals surface area contributed by atoms with Gasteiger partial charge in [0.2, 0.25) is 0 Å². The van der Waals surface area contributed by atoms with Crippen molar-refractivity contribution >= 4 is 0 Å². The lowest BCUT2D eigenvalue weighted by Gasteiger charge is -2.32. The molecule has 0 bridgehead atoms. The fourth-order valence-corrected chi connectivity index (χ4v) is 5.01. The molecule has 0 spiro atoms. The summed E-state index contributed by atoms with van der Waals surface area (Å²) in [5.74, 6) is 1.44. The smallest absolute Gasteiger partial charge is 0.142 e. The van der Waals surface area contributed by atoms with Crippen molar-refractivity contribution in [2.75, 3.05) is 13.3 Å². The van der Waals surface area contributed by atoms with Crippen LogP contribution in [0.5, 0.6) is 11.5 Å². The molecule has 0 atom stereocenters.